The lowest BCUT2D eigenvalue weighted by Crippen LogP contribution is -2.59. The highest BCUT2D eigenvalue weighted by Crippen LogP contribution is 2.63. The van der Waals surface area contributed by atoms with E-state index in [9.17, 15) is 14.4 Å². The molecule has 3 heterocycles. The third-order valence-electron chi connectivity index (χ3n) is 6.12. The summed E-state index contributed by atoms with van der Waals surface area (Å²) < 4.78 is 6.03. The first kappa shape index (κ1) is 17.3. The van der Waals surface area contributed by atoms with Crippen LogP contribution in [0.25, 0.3) is 0 Å². The molecule has 0 saturated carbocycles. The molecule has 0 bridgehead atoms. The largest absolute Gasteiger partial charge is 0.478 e. The number of likely N-dealkylation sites (N-methyl/N-ethyl adjacent to an activating group) is 1. The first-order chi connectivity index (χ1) is 14.1. The van der Waals surface area contributed by atoms with Crippen molar-refractivity contribution in [3.63, 3.8) is 0 Å². The van der Waals surface area contributed by atoms with Gasteiger partial charge in [-0.05, 0) is 12.1 Å². The number of para-hydroxylation sites is 2. The number of hydrogen-bond acceptors (Lipinski definition) is 4. The Labute approximate surface area is 167 Å². The fourth-order valence-electron chi connectivity index (χ4n) is 4.97. The smallest absolute Gasteiger partial charge is 0.278 e. The van der Waals surface area contributed by atoms with E-state index < -0.39 is 16.9 Å². The summed E-state index contributed by atoms with van der Waals surface area (Å²) in [6.45, 7) is 0.0269. The number of carbonyl (C=O) groups excluding carboxylic acids is 3. The van der Waals surface area contributed by atoms with E-state index in [0.717, 1.165) is 0 Å². The van der Waals surface area contributed by atoms with Gasteiger partial charge in [0.2, 0.25) is 11.5 Å². The molecule has 6 heteroatoms. The zero-order chi connectivity index (χ0) is 20.4. The number of rotatable bonds is 2. The first-order valence-corrected chi connectivity index (χ1v) is 9.12. The maximum Gasteiger partial charge on any atom is 0.278 e. The Kier molecular flexibility index (Phi) is 3.32. The summed E-state index contributed by atoms with van der Waals surface area (Å²) in [5.74, 6) is 1.65. The van der Waals surface area contributed by atoms with Crippen molar-refractivity contribution in [1.29, 1.82) is 0 Å². The molecule has 0 aliphatic carbocycles. The molecular formula is C23H16N2O4. The molecule has 0 saturated heterocycles. The highest BCUT2D eigenvalue weighted by Gasteiger charge is 2.76. The van der Waals surface area contributed by atoms with Crippen molar-refractivity contribution in [3.05, 3.63) is 71.5 Å². The number of anilines is 2. The minimum atomic E-state index is -1.73. The maximum absolute atomic E-state index is 13.8. The number of aldehydes is 1. The molecule has 2 unspecified atom stereocenters. The van der Waals surface area contributed by atoms with Gasteiger partial charge in [-0.25, -0.2) is 0 Å². The van der Waals surface area contributed by atoms with Gasteiger partial charge in [0, 0.05) is 23.9 Å². The highest BCUT2D eigenvalue weighted by atomic mass is 16.5. The van der Waals surface area contributed by atoms with Crippen molar-refractivity contribution in [2.24, 2.45) is 0 Å². The van der Waals surface area contributed by atoms with Crippen LogP contribution in [0.1, 0.15) is 11.1 Å². The van der Waals surface area contributed by atoms with Crippen molar-refractivity contribution in [2.75, 3.05) is 23.4 Å². The Hall–Kier alpha value is -3.85. The topological polar surface area (TPSA) is 66.9 Å². The summed E-state index contributed by atoms with van der Waals surface area (Å²) in [7, 11) is 1.63. The summed E-state index contributed by atoms with van der Waals surface area (Å²) in [6, 6.07) is 14.2. The average molecular weight is 384 g/mol. The van der Waals surface area contributed by atoms with Crippen molar-refractivity contribution < 1.29 is 19.1 Å². The Morgan fingerprint density at radius 2 is 1.69 bits per heavy atom. The van der Waals surface area contributed by atoms with Crippen LogP contribution >= 0.6 is 0 Å². The van der Waals surface area contributed by atoms with Crippen molar-refractivity contribution in [2.45, 2.75) is 11.0 Å². The fraction of sp³-hybridized carbons (Fsp3) is 0.174. The molecule has 0 radical (unpaired) electrons. The van der Waals surface area contributed by atoms with Gasteiger partial charge in [-0.2, -0.15) is 0 Å². The summed E-state index contributed by atoms with van der Waals surface area (Å²) in [4.78, 5) is 42.7. The van der Waals surface area contributed by atoms with Crippen LogP contribution < -0.4 is 9.80 Å². The van der Waals surface area contributed by atoms with Crippen LogP contribution in [0.15, 0.2) is 60.4 Å². The highest BCUT2D eigenvalue weighted by molar-refractivity contribution is 6.22. The molecule has 29 heavy (non-hydrogen) atoms. The van der Waals surface area contributed by atoms with E-state index >= 15 is 0 Å². The monoisotopic (exact) mass is 384 g/mol. The number of benzene rings is 2. The molecule has 2 aromatic rings. The molecule has 2 spiro atoms. The van der Waals surface area contributed by atoms with Gasteiger partial charge < -0.3 is 9.64 Å². The van der Waals surface area contributed by atoms with Crippen LogP contribution in [-0.4, -0.2) is 31.7 Å². The Morgan fingerprint density at radius 3 is 2.38 bits per heavy atom. The van der Waals surface area contributed by atoms with E-state index in [2.05, 4.69) is 5.92 Å². The number of carbonyl (C=O) groups is 3. The predicted octanol–water partition coefficient (Wildman–Crippen LogP) is 1.89. The van der Waals surface area contributed by atoms with Gasteiger partial charge in [-0.15, -0.1) is 6.42 Å². The second kappa shape index (κ2) is 5.58. The second-order valence-corrected chi connectivity index (χ2v) is 7.23. The van der Waals surface area contributed by atoms with Crippen LogP contribution in [0.4, 0.5) is 11.4 Å². The molecule has 0 N–H and O–H groups in total. The summed E-state index contributed by atoms with van der Waals surface area (Å²) >= 11 is 0. The minimum Gasteiger partial charge on any atom is -0.478 e. The number of fused-ring (bicyclic) bond motifs is 5. The molecule has 2 amide bonds. The molecule has 3 aliphatic heterocycles. The summed E-state index contributed by atoms with van der Waals surface area (Å²) in [5, 5.41) is 0. The molecule has 5 rings (SSSR count). The van der Waals surface area contributed by atoms with E-state index in [1.54, 1.807) is 49.5 Å². The zero-order valence-electron chi connectivity index (χ0n) is 15.6. The third-order valence-corrected chi connectivity index (χ3v) is 6.12. The number of terminal acetylenes is 1. The van der Waals surface area contributed by atoms with E-state index in [4.69, 9.17) is 11.2 Å². The van der Waals surface area contributed by atoms with Gasteiger partial charge in [0.05, 0.1) is 24.1 Å². The van der Waals surface area contributed by atoms with E-state index in [0.29, 0.717) is 28.8 Å². The summed E-state index contributed by atoms with van der Waals surface area (Å²) in [6.07, 6.45) is 7.35. The Bertz CT molecular complexity index is 1180. The normalized spacial score (nSPS) is 26.4. The summed E-state index contributed by atoms with van der Waals surface area (Å²) in [5.41, 5.74) is -0.928. The van der Waals surface area contributed by atoms with E-state index in [1.165, 1.54) is 16.1 Å². The average Bonchev–Trinajstić information content (AvgIpc) is 3.30. The quantitative estimate of drug-likeness (QED) is 0.586. The fourth-order valence-corrected chi connectivity index (χ4v) is 4.97. The van der Waals surface area contributed by atoms with Gasteiger partial charge >= 0.3 is 0 Å². The minimum absolute atomic E-state index is 0.0269. The van der Waals surface area contributed by atoms with Gasteiger partial charge in [0.25, 0.3) is 5.91 Å². The molecule has 2 aromatic carbocycles. The van der Waals surface area contributed by atoms with Crippen LogP contribution in [-0.2, 0) is 30.1 Å². The Morgan fingerprint density at radius 1 is 1.03 bits per heavy atom. The van der Waals surface area contributed by atoms with Gasteiger partial charge in [-0.3, -0.25) is 19.3 Å². The Balaban J connectivity index is 1.91. The molecule has 3 aliphatic rings. The number of amides is 2. The van der Waals surface area contributed by atoms with Gasteiger partial charge in [0.1, 0.15) is 0 Å². The third kappa shape index (κ3) is 1.67. The van der Waals surface area contributed by atoms with Crippen LogP contribution in [0.3, 0.4) is 0 Å². The number of ether oxygens (including phenoxy) is 1. The maximum atomic E-state index is 13.8. The van der Waals surface area contributed by atoms with E-state index in [-0.39, 0.29) is 18.0 Å². The number of nitrogens with zero attached hydrogens (tertiary/aromatic N) is 2. The lowest BCUT2D eigenvalue weighted by atomic mass is 9.62. The molecule has 0 fully saturated rings. The van der Waals surface area contributed by atoms with Gasteiger partial charge in [-0.1, -0.05) is 42.3 Å². The first-order valence-electron chi connectivity index (χ1n) is 9.12. The number of hydrogen-bond donors (Lipinski definition) is 0. The SMILES string of the molecule is C#CCN1C(=O)C2(OC=C(C=O)C23C(=O)N(C)c2ccccc23)c2ccccc21. The molecule has 142 valence electrons. The van der Waals surface area contributed by atoms with Crippen LogP contribution in [0, 0.1) is 12.3 Å². The van der Waals surface area contributed by atoms with E-state index in [1.807, 2.05) is 6.07 Å². The van der Waals surface area contributed by atoms with Crippen molar-refractivity contribution in [1.82, 2.24) is 0 Å². The molecule has 0 aromatic heterocycles. The zero-order valence-corrected chi connectivity index (χ0v) is 15.6. The van der Waals surface area contributed by atoms with Crippen molar-refractivity contribution in [3.8, 4) is 12.3 Å². The predicted molar refractivity (Wildman–Crippen MR) is 106 cm³/mol. The van der Waals surface area contributed by atoms with Gasteiger partial charge in [0.15, 0.2) is 11.7 Å². The standard InChI is InChI=1S/C23H16N2O4/c1-3-12-25-19-11-7-5-9-17(19)23(21(25)28)22(15(13-26)14-29-23)16-8-4-6-10-18(16)24(2)20(22)27/h1,4-11,13-14H,12H2,2H3. The second-order valence-electron chi connectivity index (χ2n) is 7.23. The lowest BCUT2D eigenvalue weighted by Gasteiger charge is -2.37. The van der Waals surface area contributed by atoms with Crippen molar-refractivity contribution >= 4 is 29.5 Å². The van der Waals surface area contributed by atoms with Crippen LogP contribution in [0.2, 0.25) is 0 Å². The molecule has 2 atom stereocenters. The van der Waals surface area contributed by atoms with Crippen LogP contribution in [0.5, 0.6) is 0 Å². The molecular weight excluding hydrogens is 368 g/mol. The molecule has 6 nitrogen and oxygen atoms in total. The lowest BCUT2D eigenvalue weighted by molar-refractivity contribution is -0.147.